The van der Waals surface area contributed by atoms with Crippen molar-refractivity contribution in [3.8, 4) is 0 Å². The largest absolute Gasteiger partial charge is 0.352 e. The highest BCUT2D eigenvalue weighted by molar-refractivity contribution is 5.94. The Bertz CT molecular complexity index is 1100. The zero-order valence-electron chi connectivity index (χ0n) is 17.5. The second-order valence-corrected chi connectivity index (χ2v) is 8.07. The monoisotopic (exact) mass is 434 g/mol. The van der Waals surface area contributed by atoms with Gasteiger partial charge in [0.25, 0.3) is 5.91 Å². The van der Waals surface area contributed by atoms with E-state index in [1.54, 1.807) is 29.2 Å². The fourth-order valence-electron chi connectivity index (χ4n) is 4.19. The summed E-state index contributed by atoms with van der Waals surface area (Å²) in [6.45, 7) is 0.744. The molecule has 4 rings (SSSR count). The third-order valence-electron chi connectivity index (χ3n) is 5.86. The molecule has 0 bridgehead atoms. The van der Waals surface area contributed by atoms with Crippen molar-refractivity contribution < 1.29 is 18.4 Å². The average molecular weight is 434 g/mol. The van der Waals surface area contributed by atoms with Crippen molar-refractivity contribution in [1.29, 1.82) is 0 Å². The zero-order chi connectivity index (χ0) is 22.5. The lowest BCUT2D eigenvalue weighted by atomic mass is 9.83. The maximum atomic E-state index is 13.9. The highest BCUT2D eigenvalue weighted by atomic mass is 19.1. The normalized spacial score (nSPS) is 18.2. The summed E-state index contributed by atoms with van der Waals surface area (Å²) in [5.74, 6) is -1.89. The molecule has 32 heavy (non-hydrogen) atoms. The quantitative estimate of drug-likeness (QED) is 0.642. The van der Waals surface area contributed by atoms with Gasteiger partial charge >= 0.3 is 0 Å². The molecular formula is C26H24F2N2O2. The van der Waals surface area contributed by atoms with E-state index in [9.17, 15) is 18.4 Å². The maximum Gasteiger partial charge on any atom is 0.253 e. The molecule has 1 N–H and O–H groups in total. The number of hydrogen-bond acceptors (Lipinski definition) is 2. The standard InChI is InChI=1S/C26H24F2N2O2/c27-23-11-6-10-19(14-23)26(32)30-16-21(18-7-2-1-3-8-18)13-22(17-30)25(31)29-15-20-9-4-5-12-24(20)28/h1-12,14,21-22H,13,15-17H2,(H,29,31)/t21-,22+/m1/s1. The van der Waals surface area contributed by atoms with E-state index in [4.69, 9.17) is 0 Å². The Hall–Kier alpha value is -3.54. The summed E-state index contributed by atoms with van der Waals surface area (Å²) >= 11 is 0. The second-order valence-electron chi connectivity index (χ2n) is 8.07. The predicted octanol–water partition coefficient (Wildman–Crippen LogP) is 4.53. The van der Waals surface area contributed by atoms with Crippen molar-refractivity contribution >= 4 is 11.8 Å². The Morgan fingerprint density at radius 3 is 2.41 bits per heavy atom. The Kier molecular flexibility index (Phi) is 6.59. The zero-order valence-corrected chi connectivity index (χ0v) is 17.5. The van der Waals surface area contributed by atoms with Crippen LogP contribution >= 0.6 is 0 Å². The summed E-state index contributed by atoms with van der Waals surface area (Å²) < 4.78 is 27.6. The van der Waals surface area contributed by atoms with Gasteiger partial charge in [0.05, 0.1) is 5.92 Å². The van der Waals surface area contributed by atoms with Crippen LogP contribution in [0.3, 0.4) is 0 Å². The molecule has 6 heteroatoms. The Labute approximate surface area is 185 Å². The smallest absolute Gasteiger partial charge is 0.253 e. The Morgan fingerprint density at radius 1 is 0.906 bits per heavy atom. The number of amides is 2. The second kappa shape index (κ2) is 9.73. The summed E-state index contributed by atoms with van der Waals surface area (Å²) in [5, 5.41) is 2.81. The molecule has 4 nitrogen and oxygen atoms in total. The van der Waals surface area contributed by atoms with Crippen LogP contribution in [0, 0.1) is 17.6 Å². The van der Waals surface area contributed by atoms with Crippen molar-refractivity contribution in [1.82, 2.24) is 10.2 Å². The first-order valence-electron chi connectivity index (χ1n) is 10.6. The average Bonchev–Trinajstić information content (AvgIpc) is 2.83. The lowest BCUT2D eigenvalue weighted by Gasteiger charge is -2.37. The summed E-state index contributed by atoms with van der Waals surface area (Å²) in [4.78, 5) is 27.7. The SMILES string of the molecule is O=C(NCc1ccccc1F)[C@H]1C[C@@H](c2ccccc2)CN(C(=O)c2cccc(F)c2)C1. The number of halogens is 2. The van der Waals surface area contributed by atoms with Gasteiger partial charge in [-0.1, -0.05) is 54.6 Å². The first-order valence-corrected chi connectivity index (χ1v) is 10.6. The molecule has 0 aliphatic carbocycles. The first-order chi connectivity index (χ1) is 15.5. The topological polar surface area (TPSA) is 49.4 Å². The lowest BCUT2D eigenvalue weighted by molar-refractivity contribution is -0.126. The van der Waals surface area contributed by atoms with E-state index in [1.165, 1.54) is 24.3 Å². The molecule has 0 saturated carbocycles. The van der Waals surface area contributed by atoms with Gasteiger partial charge in [-0.05, 0) is 36.2 Å². The first kappa shape index (κ1) is 21.7. The molecule has 0 radical (unpaired) electrons. The minimum absolute atomic E-state index is 0.0355. The molecule has 164 valence electrons. The molecule has 1 saturated heterocycles. The van der Waals surface area contributed by atoms with Crippen LogP contribution in [0.2, 0.25) is 0 Å². The summed E-state index contributed by atoms with van der Waals surface area (Å²) in [7, 11) is 0. The van der Waals surface area contributed by atoms with Crippen LogP contribution in [0.15, 0.2) is 78.9 Å². The lowest BCUT2D eigenvalue weighted by Crippen LogP contribution is -2.48. The van der Waals surface area contributed by atoms with E-state index in [1.807, 2.05) is 30.3 Å². The molecule has 1 aliphatic heterocycles. The van der Waals surface area contributed by atoms with Crippen LogP contribution in [-0.2, 0) is 11.3 Å². The van der Waals surface area contributed by atoms with Crippen LogP contribution in [-0.4, -0.2) is 29.8 Å². The van der Waals surface area contributed by atoms with Gasteiger partial charge in [-0.15, -0.1) is 0 Å². The van der Waals surface area contributed by atoms with E-state index in [-0.39, 0.29) is 42.2 Å². The van der Waals surface area contributed by atoms with Gasteiger partial charge in [-0.3, -0.25) is 9.59 Å². The number of hydrogen-bond donors (Lipinski definition) is 1. The third kappa shape index (κ3) is 5.02. The van der Waals surface area contributed by atoms with Crippen LogP contribution in [0.1, 0.15) is 33.8 Å². The molecule has 0 unspecified atom stereocenters. The highest BCUT2D eigenvalue weighted by Crippen LogP contribution is 2.31. The molecule has 0 aromatic heterocycles. The molecule has 2 amide bonds. The van der Waals surface area contributed by atoms with Crippen LogP contribution in [0.25, 0.3) is 0 Å². The highest BCUT2D eigenvalue weighted by Gasteiger charge is 2.35. The number of carbonyl (C=O) groups is 2. The number of rotatable bonds is 5. The van der Waals surface area contributed by atoms with Crippen LogP contribution in [0.4, 0.5) is 8.78 Å². The van der Waals surface area contributed by atoms with Crippen molar-refractivity contribution in [3.05, 3.63) is 107 Å². The Balaban J connectivity index is 1.53. The number of likely N-dealkylation sites (tertiary alicyclic amines) is 1. The number of piperidine rings is 1. The van der Waals surface area contributed by atoms with E-state index in [2.05, 4.69) is 5.32 Å². The number of benzene rings is 3. The van der Waals surface area contributed by atoms with Gasteiger partial charge in [0.15, 0.2) is 0 Å². The van der Waals surface area contributed by atoms with E-state index >= 15 is 0 Å². The fraction of sp³-hybridized carbons (Fsp3) is 0.231. The summed E-state index contributed by atoms with van der Waals surface area (Å²) in [6, 6.07) is 21.6. The molecule has 1 fully saturated rings. The summed E-state index contributed by atoms with van der Waals surface area (Å²) in [5.41, 5.74) is 1.70. The molecule has 3 aromatic carbocycles. The molecule has 3 aromatic rings. The van der Waals surface area contributed by atoms with Crippen molar-refractivity contribution in [2.45, 2.75) is 18.9 Å². The van der Waals surface area contributed by atoms with Crippen molar-refractivity contribution in [3.63, 3.8) is 0 Å². The van der Waals surface area contributed by atoms with Gasteiger partial charge in [-0.25, -0.2) is 8.78 Å². The fourth-order valence-corrected chi connectivity index (χ4v) is 4.19. The van der Waals surface area contributed by atoms with E-state index < -0.39 is 11.7 Å². The van der Waals surface area contributed by atoms with Crippen molar-refractivity contribution in [2.75, 3.05) is 13.1 Å². The van der Waals surface area contributed by atoms with Gasteiger partial charge < -0.3 is 10.2 Å². The number of nitrogens with one attached hydrogen (secondary N) is 1. The number of carbonyl (C=O) groups excluding carboxylic acids is 2. The van der Waals surface area contributed by atoms with E-state index in [0.717, 1.165) is 5.56 Å². The van der Waals surface area contributed by atoms with Crippen LogP contribution < -0.4 is 5.32 Å². The molecular weight excluding hydrogens is 410 g/mol. The molecule has 1 heterocycles. The minimum Gasteiger partial charge on any atom is -0.352 e. The molecule has 1 aliphatic rings. The van der Waals surface area contributed by atoms with Gasteiger partial charge in [0.2, 0.25) is 5.91 Å². The minimum atomic E-state index is -0.480. The third-order valence-corrected chi connectivity index (χ3v) is 5.86. The molecule has 0 spiro atoms. The maximum absolute atomic E-state index is 13.9. The van der Waals surface area contributed by atoms with Crippen molar-refractivity contribution in [2.24, 2.45) is 5.92 Å². The van der Waals surface area contributed by atoms with Crippen LogP contribution in [0.5, 0.6) is 0 Å². The van der Waals surface area contributed by atoms with Gasteiger partial charge in [-0.2, -0.15) is 0 Å². The number of nitrogens with zero attached hydrogens (tertiary/aromatic N) is 1. The Morgan fingerprint density at radius 2 is 1.66 bits per heavy atom. The van der Waals surface area contributed by atoms with Gasteiger partial charge in [0.1, 0.15) is 11.6 Å². The predicted molar refractivity (Wildman–Crippen MR) is 118 cm³/mol. The van der Waals surface area contributed by atoms with Gasteiger partial charge in [0, 0.05) is 36.7 Å². The summed E-state index contributed by atoms with van der Waals surface area (Å²) in [6.07, 6.45) is 0.569. The molecule has 2 atom stereocenters. The van der Waals surface area contributed by atoms with E-state index in [0.29, 0.717) is 18.5 Å².